The number of benzene rings is 1. The Morgan fingerprint density at radius 2 is 2.00 bits per heavy atom. The number of anilines is 2. The van der Waals surface area contributed by atoms with Gasteiger partial charge in [-0.2, -0.15) is 5.10 Å². The van der Waals surface area contributed by atoms with Crippen molar-refractivity contribution in [2.45, 2.75) is 46.7 Å². The highest BCUT2D eigenvalue weighted by molar-refractivity contribution is 5.88. The molecule has 1 aromatic carbocycles. The summed E-state index contributed by atoms with van der Waals surface area (Å²) in [6.07, 6.45) is 1.68. The molecule has 1 heterocycles. The van der Waals surface area contributed by atoms with Crippen LogP contribution in [-0.2, 0) is 0 Å². The van der Waals surface area contributed by atoms with Gasteiger partial charge < -0.3 is 15.4 Å². The Morgan fingerprint density at radius 1 is 1.26 bits per heavy atom. The van der Waals surface area contributed by atoms with Gasteiger partial charge in [-0.1, -0.05) is 26.8 Å². The highest BCUT2D eigenvalue weighted by atomic mass is 16.5. The molecule has 148 valence electrons. The lowest BCUT2D eigenvalue weighted by Crippen LogP contribution is -2.45. The molecule has 7 heteroatoms. The molecule has 1 atom stereocenters. The van der Waals surface area contributed by atoms with E-state index in [2.05, 4.69) is 41.8 Å². The average Bonchev–Trinajstić information content (AvgIpc) is 3.06. The summed E-state index contributed by atoms with van der Waals surface area (Å²) in [5, 5.41) is 13.5. The number of aromatic nitrogens is 2. The number of carbonyl (C=O) groups excluding carboxylic acids is 1. The highest BCUT2D eigenvalue weighted by Crippen LogP contribution is 2.25. The molecule has 1 unspecified atom stereocenters. The van der Waals surface area contributed by atoms with Gasteiger partial charge in [0.25, 0.3) is 0 Å². The smallest absolute Gasteiger partial charge is 0.320 e. The van der Waals surface area contributed by atoms with Gasteiger partial charge >= 0.3 is 6.03 Å². The van der Waals surface area contributed by atoms with Crippen LogP contribution in [-0.4, -0.2) is 35.5 Å². The van der Waals surface area contributed by atoms with Crippen molar-refractivity contribution in [3.05, 3.63) is 36.5 Å². The van der Waals surface area contributed by atoms with Crippen LogP contribution in [0.4, 0.5) is 16.3 Å². The quantitative estimate of drug-likeness (QED) is 0.682. The third-order valence-corrected chi connectivity index (χ3v) is 4.32. The molecule has 0 spiro atoms. The molecule has 2 aromatic rings. The fourth-order valence-corrected chi connectivity index (χ4v) is 2.67. The Morgan fingerprint density at radius 3 is 2.63 bits per heavy atom. The summed E-state index contributed by atoms with van der Waals surface area (Å²) in [6.45, 7) is 10.9. The normalized spacial score (nSPS) is 12.6. The SMILES string of the molecule is COc1cccc(NC(CNC(=O)Nc2ccnn2C(C)C)C(C)(C)C)c1. The topological polar surface area (TPSA) is 80.2 Å². The van der Waals surface area contributed by atoms with Gasteiger partial charge in [-0.05, 0) is 31.4 Å². The van der Waals surface area contributed by atoms with E-state index in [0.717, 1.165) is 11.4 Å². The Kier molecular flexibility index (Phi) is 6.71. The average molecular weight is 374 g/mol. The van der Waals surface area contributed by atoms with Crippen LogP contribution in [0.25, 0.3) is 0 Å². The molecule has 0 bridgehead atoms. The molecule has 27 heavy (non-hydrogen) atoms. The van der Waals surface area contributed by atoms with Gasteiger partial charge in [-0.3, -0.25) is 5.32 Å². The zero-order valence-corrected chi connectivity index (χ0v) is 17.0. The third kappa shape index (κ3) is 5.91. The summed E-state index contributed by atoms with van der Waals surface area (Å²) >= 11 is 0. The number of carbonyl (C=O) groups is 1. The molecular formula is C20H31N5O2. The molecule has 0 aliphatic carbocycles. The maximum absolute atomic E-state index is 12.4. The van der Waals surface area contributed by atoms with Crippen LogP contribution in [0, 0.1) is 5.41 Å². The first-order valence-electron chi connectivity index (χ1n) is 9.19. The van der Waals surface area contributed by atoms with Crippen LogP contribution < -0.4 is 20.7 Å². The van der Waals surface area contributed by atoms with Gasteiger partial charge in [0.05, 0.1) is 13.3 Å². The fraction of sp³-hybridized carbons (Fsp3) is 0.500. The van der Waals surface area contributed by atoms with E-state index in [-0.39, 0.29) is 23.5 Å². The van der Waals surface area contributed by atoms with Crippen molar-refractivity contribution in [3.8, 4) is 5.75 Å². The molecule has 0 radical (unpaired) electrons. The Bertz CT molecular complexity index is 749. The van der Waals surface area contributed by atoms with Crippen LogP contribution in [0.3, 0.4) is 0 Å². The molecule has 1 aromatic heterocycles. The number of urea groups is 1. The molecule has 0 aliphatic heterocycles. The van der Waals surface area contributed by atoms with Crippen LogP contribution >= 0.6 is 0 Å². The summed E-state index contributed by atoms with van der Waals surface area (Å²) in [5.74, 6) is 1.47. The van der Waals surface area contributed by atoms with Crippen molar-refractivity contribution in [2.24, 2.45) is 5.41 Å². The van der Waals surface area contributed by atoms with E-state index < -0.39 is 0 Å². The molecule has 7 nitrogen and oxygen atoms in total. The van der Waals surface area contributed by atoms with E-state index in [4.69, 9.17) is 4.74 Å². The van der Waals surface area contributed by atoms with Crippen LogP contribution in [0.5, 0.6) is 5.75 Å². The number of methoxy groups -OCH3 is 1. The summed E-state index contributed by atoms with van der Waals surface area (Å²) in [6, 6.07) is 9.52. The first-order valence-corrected chi connectivity index (χ1v) is 9.19. The van der Waals surface area contributed by atoms with E-state index in [1.54, 1.807) is 24.1 Å². The second kappa shape index (κ2) is 8.79. The largest absolute Gasteiger partial charge is 0.497 e. The van der Waals surface area contributed by atoms with Gasteiger partial charge in [-0.25, -0.2) is 9.48 Å². The van der Waals surface area contributed by atoms with Crippen molar-refractivity contribution >= 4 is 17.5 Å². The second-order valence-corrected chi connectivity index (χ2v) is 7.88. The third-order valence-electron chi connectivity index (χ3n) is 4.32. The van der Waals surface area contributed by atoms with Crippen LogP contribution in [0.15, 0.2) is 36.5 Å². The number of rotatable bonds is 7. The standard InChI is InChI=1S/C20H31N5O2/c1-14(2)25-18(10-11-22-25)24-19(26)21-13-17(20(3,4)5)23-15-8-7-9-16(12-15)27-6/h7-12,14,17,23H,13H2,1-6H3,(H2,21,24,26). The Balaban J connectivity index is 1.99. The van der Waals surface area contributed by atoms with Gasteiger partial charge in [0, 0.05) is 36.4 Å². The van der Waals surface area contributed by atoms with Crippen molar-refractivity contribution in [3.63, 3.8) is 0 Å². The number of ether oxygens (including phenoxy) is 1. The van der Waals surface area contributed by atoms with Crippen molar-refractivity contribution < 1.29 is 9.53 Å². The van der Waals surface area contributed by atoms with E-state index in [1.165, 1.54) is 0 Å². The maximum atomic E-state index is 12.4. The lowest BCUT2D eigenvalue weighted by atomic mass is 9.86. The molecule has 0 aliphatic rings. The Hall–Kier alpha value is -2.70. The minimum Gasteiger partial charge on any atom is -0.497 e. The number of nitrogens with one attached hydrogen (secondary N) is 3. The minimum atomic E-state index is -0.251. The zero-order chi connectivity index (χ0) is 20.0. The van der Waals surface area contributed by atoms with Gasteiger partial charge in [0.1, 0.15) is 11.6 Å². The highest BCUT2D eigenvalue weighted by Gasteiger charge is 2.25. The monoisotopic (exact) mass is 373 g/mol. The van der Waals surface area contributed by atoms with Gasteiger partial charge in [0.2, 0.25) is 0 Å². The van der Waals surface area contributed by atoms with Gasteiger partial charge in [-0.15, -0.1) is 0 Å². The zero-order valence-electron chi connectivity index (χ0n) is 17.0. The lowest BCUT2D eigenvalue weighted by Gasteiger charge is -2.32. The van der Waals surface area contributed by atoms with Gasteiger partial charge in [0.15, 0.2) is 0 Å². The Labute approximate surface area is 161 Å². The van der Waals surface area contributed by atoms with Crippen LogP contribution in [0.2, 0.25) is 0 Å². The van der Waals surface area contributed by atoms with E-state index >= 15 is 0 Å². The predicted octanol–water partition coefficient (Wildman–Crippen LogP) is 4.12. The number of hydrogen-bond acceptors (Lipinski definition) is 4. The second-order valence-electron chi connectivity index (χ2n) is 7.88. The fourth-order valence-electron chi connectivity index (χ4n) is 2.67. The number of amides is 2. The van der Waals surface area contributed by atoms with E-state index in [0.29, 0.717) is 12.4 Å². The predicted molar refractivity (Wildman–Crippen MR) is 109 cm³/mol. The first kappa shape index (κ1) is 20.6. The number of hydrogen-bond donors (Lipinski definition) is 3. The first-order chi connectivity index (χ1) is 12.7. The number of nitrogens with zero attached hydrogens (tertiary/aromatic N) is 2. The van der Waals surface area contributed by atoms with Crippen molar-refractivity contribution in [2.75, 3.05) is 24.3 Å². The van der Waals surface area contributed by atoms with Crippen molar-refractivity contribution in [1.29, 1.82) is 0 Å². The molecule has 0 fully saturated rings. The maximum Gasteiger partial charge on any atom is 0.320 e. The van der Waals surface area contributed by atoms with E-state index in [1.807, 2.05) is 38.1 Å². The lowest BCUT2D eigenvalue weighted by molar-refractivity contribution is 0.248. The molecule has 2 rings (SSSR count). The molecule has 3 N–H and O–H groups in total. The summed E-state index contributed by atoms with van der Waals surface area (Å²) < 4.78 is 7.05. The summed E-state index contributed by atoms with van der Waals surface area (Å²) in [4.78, 5) is 12.4. The molecule has 2 amide bonds. The summed E-state index contributed by atoms with van der Waals surface area (Å²) in [5.41, 5.74) is 0.894. The molecule has 0 saturated carbocycles. The van der Waals surface area contributed by atoms with Crippen molar-refractivity contribution in [1.82, 2.24) is 15.1 Å². The van der Waals surface area contributed by atoms with E-state index in [9.17, 15) is 4.79 Å². The molecular weight excluding hydrogens is 342 g/mol. The molecule has 0 saturated heterocycles. The summed E-state index contributed by atoms with van der Waals surface area (Å²) in [7, 11) is 1.65. The van der Waals surface area contributed by atoms with Crippen LogP contribution in [0.1, 0.15) is 40.7 Å². The minimum absolute atomic E-state index is 0.0327.